The topological polar surface area (TPSA) is 63.8 Å². The molecule has 3 N–H and O–H groups in total. The first-order valence-electron chi connectivity index (χ1n) is 6.89. The average Bonchev–Trinajstić information content (AvgIpc) is 2.36. The van der Waals surface area contributed by atoms with Gasteiger partial charge in [0.25, 0.3) is 0 Å². The van der Waals surface area contributed by atoms with Crippen molar-refractivity contribution in [2.45, 2.75) is 40.0 Å². The first-order valence-corrected chi connectivity index (χ1v) is 6.89. The molecule has 0 fully saturated rings. The molecule has 0 bridgehead atoms. The molecule has 0 amide bonds. The molecule has 0 saturated carbocycles. The van der Waals surface area contributed by atoms with E-state index in [9.17, 15) is 0 Å². The standard InChI is InChI=1S/C16H22N4/c1-10(2)14-9-16(20-17)19-15(18-14)8-13-6-11(3)5-12(4)7-13/h5-7,9-10H,8,17H2,1-4H3,(H,18,19,20). The maximum absolute atomic E-state index is 5.49. The van der Waals surface area contributed by atoms with Gasteiger partial charge in [-0.25, -0.2) is 15.8 Å². The van der Waals surface area contributed by atoms with Crippen LogP contribution < -0.4 is 11.3 Å². The van der Waals surface area contributed by atoms with Crippen molar-refractivity contribution in [3.05, 3.63) is 52.5 Å². The van der Waals surface area contributed by atoms with Crippen LogP contribution in [0.3, 0.4) is 0 Å². The lowest BCUT2D eigenvalue weighted by Crippen LogP contribution is -2.12. The van der Waals surface area contributed by atoms with Gasteiger partial charge in [0.15, 0.2) is 0 Å². The molecule has 0 aliphatic heterocycles. The number of nitrogens with zero attached hydrogens (tertiary/aromatic N) is 2. The first kappa shape index (κ1) is 14.5. The number of hydrazine groups is 1. The third-order valence-corrected chi connectivity index (χ3v) is 3.18. The Morgan fingerprint density at radius 3 is 2.25 bits per heavy atom. The van der Waals surface area contributed by atoms with Gasteiger partial charge in [0.1, 0.15) is 11.6 Å². The van der Waals surface area contributed by atoms with Crippen LogP contribution in [0.25, 0.3) is 0 Å². The summed E-state index contributed by atoms with van der Waals surface area (Å²) in [5, 5.41) is 0. The highest BCUT2D eigenvalue weighted by Gasteiger charge is 2.08. The molecule has 0 atom stereocenters. The van der Waals surface area contributed by atoms with E-state index < -0.39 is 0 Å². The number of nitrogens with two attached hydrogens (primary N) is 1. The zero-order valence-electron chi connectivity index (χ0n) is 12.6. The zero-order valence-corrected chi connectivity index (χ0v) is 12.6. The van der Waals surface area contributed by atoms with E-state index in [4.69, 9.17) is 5.84 Å². The minimum Gasteiger partial charge on any atom is -0.308 e. The molecule has 1 aromatic carbocycles. The lowest BCUT2D eigenvalue weighted by Gasteiger charge is -2.10. The monoisotopic (exact) mass is 270 g/mol. The molecule has 0 radical (unpaired) electrons. The Bertz CT molecular complexity index is 585. The van der Waals surface area contributed by atoms with Gasteiger partial charge in [0.05, 0.1) is 0 Å². The SMILES string of the molecule is Cc1cc(C)cc(Cc2nc(NN)cc(C(C)C)n2)c1. The van der Waals surface area contributed by atoms with Gasteiger partial charge in [0.2, 0.25) is 0 Å². The number of anilines is 1. The summed E-state index contributed by atoms with van der Waals surface area (Å²) in [4.78, 5) is 9.07. The number of nitrogen functional groups attached to an aromatic ring is 1. The molecule has 0 saturated heterocycles. The Morgan fingerprint density at radius 2 is 1.70 bits per heavy atom. The van der Waals surface area contributed by atoms with Gasteiger partial charge in [0, 0.05) is 18.2 Å². The van der Waals surface area contributed by atoms with E-state index in [2.05, 4.69) is 61.3 Å². The van der Waals surface area contributed by atoms with Crippen LogP contribution in [0.15, 0.2) is 24.3 Å². The van der Waals surface area contributed by atoms with Crippen molar-refractivity contribution in [3.63, 3.8) is 0 Å². The molecule has 4 heteroatoms. The van der Waals surface area contributed by atoms with Gasteiger partial charge in [-0.15, -0.1) is 0 Å². The molecular weight excluding hydrogens is 248 g/mol. The van der Waals surface area contributed by atoms with Crippen molar-refractivity contribution >= 4 is 5.82 Å². The quantitative estimate of drug-likeness (QED) is 0.662. The number of benzene rings is 1. The average molecular weight is 270 g/mol. The van der Waals surface area contributed by atoms with Crippen molar-refractivity contribution < 1.29 is 0 Å². The van der Waals surface area contributed by atoms with Crippen LogP contribution in [0.1, 0.15) is 48.0 Å². The van der Waals surface area contributed by atoms with Gasteiger partial charge >= 0.3 is 0 Å². The number of rotatable bonds is 4. The summed E-state index contributed by atoms with van der Waals surface area (Å²) in [5.41, 5.74) is 7.38. The Hall–Kier alpha value is -1.94. The fourth-order valence-electron chi connectivity index (χ4n) is 2.32. The normalized spacial score (nSPS) is 10.9. The molecule has 2 aromatic rings. The Balaban J connectivity index is 2.34. The van der Waals surface area contributed by atoms with Crippen LogP contribution in [0.4, 0.5) is 5.82 Å². The second kappa shape index (κ2) is 6.01. The Kier molecular flexibility index (Phi) is 4.35. The molecule has 1 aromatic heterocycles. The molecule has 2 rings (SSSR count). The number of nitrogens with one attached hydrogen (secondary N) is 1. The molecule has 0 aliphatic carbocycles. The highest BCUT2D eigenvalue weighted by molar-refractivity contribution is 5.37. The van der Waals surface area contributed by atoms with Crippen LogP contribution in [-0.4, -0.2) is 9.97 Å². The summed E-state index contributed by atoms with van der Waals surface area (Å²) in [5.74, 6) is 7.31. The minimum atomic E-state index is 0.350. The van der Waals surface area contributed by atoms with Crippen LogP contribution in [0, 0.1) is 13.8 Å². The second-order valence-corrected chi connectivity index (χ2v) is 5.57. The third kappa shape index (κ3) is 3.54. The molecule has 0 unspecified atom stereocenters. The Morgan fingerprint density at radius 1 is 1.05 bits per heavy atom. The second-order valence-electron chi connectivity index (χ2n) is 5.57. The van der Waals surface area contributed by atoms with Gasteiger partial charge in [-0.05, 0) is 25.3 Å². The fraction of sp³-hybridized carbons (Fsp3) is 0.375. The summed E-state index contributed by atoms with van der Waals surface area (Å²) in [6, 6.07) is 8.42. The Labute approximate surface area is 120 Å². The van der Waals surface area contributed by atoms with Crippen molar-refractivity contribution in [1.29, 1.82) is 0 Å². The molecule has 0 aliphatic rings. The lowest BCUT2D eigenvalue weighted by atomic mass is 10.0. The van der Waals surface area contributed by atoms with Crippen LogP contribution >= 0.6 is 0 Å². The van der Waals surface area contributed by atoms with E-state index in [1.165, 1.54) is 16.7 Å². The molecule has 106 valence electrons. The highest BCUT2D eigenvalue weighted by atomic mass is 15.3. The van der Waals surface area contributed by atoms with E-state index in [0.717, 1.165) is 17.9 Å². The largest absolute Gasteiger partial charge is 0.308 e. The summed E-state index contributed by atoms with van der Waals surface area (Å²) >= 11 is 0. The van der Waals surface area contributed by atoms with Gasteiger partial charge in [-0.2, -0.15) is 0 Å². The third-order valence-electron chi connectivity index (χ3n) is 3.18. The van der Waals surface area contributed by atoms with E-state index in [1.54, 1.807) is 0 Å². The molecule has 4 nitrogen and oxygen atoms in total. The van der Waals surface area contributed by atoms with Crippen molar-refractivity contribution in [2.24, 2.45) is 5.84 Å². The summed E-state index contributed by atoms with van der Waals surface area (Å²) < 4.78 is 0. The zero-order chi connectivity index (χ0) is 14.7. The number of hydrogen-bond donors (Lipinski definition) is 2. The predicted octanol–water partition coefficient (Wildman–Crippen LogP) is 3.09. The lowest BCUT2D eigenvalue weighted by molar-refractivity contribution is 0.792. The van der Waals surface area contributed by atoms with Gasteiger partial charge in [-0.3, -0.25) is 0 Å². The summed E-state index contributed by atoms with van der Waals surface area (Å²) in [6.07, 6.45) is 0.720. The highest BCUT2D eigenvalue weighted by Crippen LogP contribution is 2.17. The minimum absolute atomic E-state index is 0.350. The van der Waals surface area contributed by atoms with Crippen molar-refractivity contribution in [1.82, 2.24) is 9.97 Å². The molecule has 0 spiro atoms. The maximum atomic E-state index is 5.49. The van der Waals surface area contributed by atoms with Crippen LogP contribution in [0.5, 0.6) is 0 Å². The first-order chi connectivity index (χ1) is 9.47. The van der Waals surface area contributed by atoms with Crippen LogP contribution in [-0.2, 0) is 6.42 Å². The summed E-state index contributed by atoms with van der Waals surface area (Å²) in [6.45, 7) is 8.44. The van der Waals surface area contributed by atoms with Gasteiger partial charge in [-0.1, -0.05) is 43.2 Å². The summed E-state index contributed by atoms with van der Waals surface area (Å²) in [7, 11) is 0. The predicted molar refractivity (Wildman–Crippen MR) is 82.7 cm³/mol. The van der Waals surface area contributed by atoms with E-state index in [0.29, 0.717) is 11.7 Å². The van der Waals surface area contributed by atoms with Crippen molar-refractivity contribution in [2.75, 3.05) is 5.43 Å². The molecular formula is C16H22N4. The maximum Gasteiger partial charge on any atom is 0.143 e. The van der Waals surface area contributed by atoms with Crippen molar-refractivity contribution in [3.8, 4) is 0 Å². The van der Waals surface area contributed by atoms with Crippen LogP contribution in [0.2, 0.25) is 0 Å². The van der Waals surface area contributed by atoms with E-state index in [-0.39, 0.29) is 0 Å². The number of aryl methyl sites for hydroxylation is 2. The molecule has 20 heavy (non-hydrogen) atoms. The van der Waals surface area contributed by atoms with E-state index >= 15 is 0 Å². The number of aromatic nitrogens is 2. The smallest absolute Gasteiger partial charge is 0.143 e. The fourth-order valence-corrected chi connectivity index (χ4v) is 2.32. The number of hydrogen-bond acceptors (Lipinski definition) is 4. The molecule has 1 heterocycles. The van der Waals surface area contributed by atoms with E-state index in [1.807, 2.05) is 6.07 Å². The van der Waals surface area contributed by atoms with Gasteiger partial charge < -0.3 is 5.43 Å².